The van der Waals surface area contributed by atoms with E-state index in [9.17, 15) is 4.39 Å². The lowest BCUT2D eigenvalue weighted by molar-refractivity contribution is 0.248. The second-order valence-electron chi connectivity index (χ2n) is 6.43. The zero-order chi connectivity index (χ0) is 18.6. The third-order valence-corrected chi connectivity index (χ3v) is 4.69. The van der Waals surface area contributed by atoms with Crippen molar-refractivity contribution in [1.82, 2.24) is 24.9 Å². The van der Waals surface area contributed by atoms with Crippen molar-refractivity contribution >= 4 is 5.82 Å². The van der Waals surface area contributed by atoms with Crippen LogP contribution in [0.2, 0.25) is 0 Å². The number of ether oxygens (including phenoxy) is 1. The maximum Gasteiger partial charge on any atom is 0.175 e. The molecule has 140 valence electrons. The van der Waals surface area contributed by atoms with Gasteiger partial charge in [0.1, 0.15) is 0 Å². The molecule has 0 amide bonds. The smallest absolute Gasteiger partial charge is 0.175 e. The number of aromatic nitrogens is 4. The molecule has 1 aliphatic rings. The fraction of sp³-hybridized carbons (Fsp3) is 0.316. The molecule has 0 bridgehead atoms. The molecular weight excluding hydrogens is 347 g/mol. The summed E-state index contributed by atoms with van der Waals surface area (Å²) in [6.45, 7) is 4.20. The van der Waals surface area contributed by atoms with Gasteiger partial charge in [0.05, 0.1) is 7.11 Å². The van der Waals surface area contributed by atoms with Crippen LogP contribution >= 0.6 is 0 Å². The first-order chi connectivity index (χ1) is 13.2. The molecule has 0 atom stereocenters. The Balaban J connectivity index is 1.34. The first kappa shape index (κ1) is 17.4. The summed E-state index contributed by atoms with van der Waals surface area (Å²) in [6, 6.07) is 10.9. The van der Waals surface area contributed by atoms with E-state index in [1.165, 1.54) is 7.11 Å². The molecule has 0 spiro atoms. The van der Waals surface area contributed by atoms with E-state index in [1.807, 2.05) is 30.5 Å². The van der Waals surface area contributed by atoms with Crippen molar-refractivity contribution in [3.05, 3.63) is 60.2 Å². The Morgan fingerprint density at radius 1 is 1.04 bits per heavy atom. The van der Waals surface area contributed by atoms with Crippen molar-refractivity contribution in [3.8, 4) is 11.6 Å². The van der Waals surface area contributed by atoms with Crippen LogP contribution in [0.3, 0.4) is 0 Å². The summed E-state index contributed by atoms with van der Waals surface area (Å²) in [5.74, 6) is 1.52. The van der Waals surface area contributed by atoms with Gasteiger partial charge in [-0.15, -0.1) is 10.2 Å². The van der Waals surface area contributed by atoms with Crippen molar-refractivity contribution in [3.63, 3.8) is 0 Å². The van der Waals surface area contributed by atoms with Crippen LogP contribution in [0.1, 0.15) is 5.56 Å². The lowest BCUT2D eigenvalue weighted by Gasteiger charge is -2.35. The van der Waals surface area contributed by atoms with Gasteiger partial charge in [0, 0.05) is 45.1 Å². The third-order valence-electron chi connectivity index (χ3n) is 4.69. The van der Waals surface area contributed by atoms with E-state index in [1.54, 1.807) is 23.0 Å². The van der Waals surface area contributed by atoms with Crippen LogP contribution in [0.5, 0.6) is 5.75 Å². The minimum absolute atomic E-state index is 0.278. The predicted molar refractivity (Wildman–Crippen MR) is 99.6 cm³/mol. The number of hydrogen-bond acceptors (Lipinski definition) is 6. The molecule has 27 heavy (non-hydrogen) atoms. The van der Waals surface area contributed by atoms with Gasteiger partial charge >= 0.3 is 0 Å². The molecule has 8 heteroatoms. The number of piperazine rings is 1. The van der Waals surface area contributed by atoms with Crippen LogP contribution in [0, 0.1) is 5.82 Å². The summed E-state index contributed by atoms with van der Waals surface area (Å²) in [5.41, 5.74) is 0.949. The Labute approximate surface area is 157 Å². The molecule has 0 saturated carbocycles. The minimum atomic E-state index is -0.318. The van der Waals surface area contributed by atoms with Gasteiger partial charge in [-0.2, -0.15) is 5.10 Å². The highest BCUT2D eigenvalue weighted by Gasteiger charge is 2.19. The van der Waals surface area contributed by atoms with Crippen molar-refractivity contribution in [2.45, 2.75) is 6.54 Å². The summed E-state index contributed by atoms with van der Waals surface area (Å²) in [4.78, 5) is 4.52. The number of halogens is 1. The number of hydrogen-bond donors (Lipinski definition) is 0. The average molecular weight is 368 g/mol. The molecule has 0 radical (unpaired) electrons. The quantitative estimate of drug-likeness (QED) is 0.688. The second-order valence-corrected chi connectivity index (χ2v) is 6.43. The molecule has 1 saturated heterocycles. The highest BCUT2D eigenvalue weighted by atomic mass is 19.1. The van der Waals surface area contributed by atoms with Crippen molar-refractivity contribution in [2.24, 2.45) is 0 Å². The summed E-state index contributed by atoms with van der Waals surface area (Å²) in [6.07, 6.45) is 3.55. The highest BCUT2D eigenvalue weighted by molar-refractivity contribution is 5.40. The van der Waals surface area contributed by atoms with Gasteiger partial charge in [-0.05, 0) is 35.9 Å². The van der Waals surface area contributed by atoms with E-state index in [0.29, 0.717) is 5.82 Å². The molecule has 0 aliphatic carbocycles. The highest BCUT2D eigenvalue weighted by Crippen LogP contribution is 2.20. The zero-order valence-electron chi connectivity index (χ0n) is 15.1. The van der Waals surface area contributed by atoms with E-state index in [4.69, 9.17) is 4.74 Å². The topological polar surface area (TPSA) is 59.3 Å². The maximum atomic E-state index is 13.8. The van der Waals surface area contributed by atoms with Crippen LogP contribution < -0.4 is 9.64 Å². The van der Waals surface area contributed by atoms with Gasteiger partial charge in [-0.25, -0.2) is 9.07 Å². The summed E-state index contributed by atoms with van der Waals surface area (Å²) < 4.78 is 20.5. The monoisotopic (exact) mass is 368 g/mol. The second kappa shape index (κ2) is 7.71. The van der Waals surface area contributed by atoms with Gasteiger partial charge in [-0.1, -0.05) is 6.07 Å². The first-order valence-electron chi connectivity index (χ1n) is 8.86. The molecule has 0 N–H and O–H groups in total. The van der Waals surface area contributed by atoms with Crippen LogP contribution in [-0.4, -0.2) is 58.2 Å². The largest absolute Gasteiger partial charge is 0.494 e. The van der Waals surface area contributed by atoms with Crippen LogP contribution in [-0.2, 0) is 6.54 Å². The SMILES string of the molecule is COc1ccc(CN2CCN(c3ccc(-n4cccn4)nn3)CC2)cc1F. The number of benzene rings is 1. The Kier molecular flexibility index (Phi) is 4.97. The molecule has 4 rings (SSSR count). The Bertz CT molecular complexity index is 876. The molecule has 1 aromatic carbocycles. The minimum Gasteiger partial charge on any atom is -0.494 e. The number of rotatable bonds is 5. The molecule has 1 fully saturated rings. The van der Waals surface area contributed by atoms with Crippen LogP contribution in [0.4, 0.5) is 10.2 Å². The summed E-state index contributed by atoms with van der Waals surface area (Å²) in [5, 5.41) is 12.7. The third kappa shape index (κ3) is 3.90. The maximum absolute atomic E-state index is 13.8. The Hall–Kier alpha value is -3.00. The van der Waals surface area contributed by atoms with Crippen LogP contribution in [0.15, 0.2) is 48.8 Å². The zero-order valence-corrected chi connectivity index (χ0v) is 15.1. The van der Waals surface area contributed by atoms with Crippen molar-refractivity contribution in [1.29, 1.82) is 0 Å². The molecule has 2 aromatic heterocycles. The predicted octanol–water partition coefficient (Wildman–Crippen LogP) is 2.13. The van der Waals surface area contributed by atoms with E-state index in [2.05, 4.69) is 25.1 Å². The van der Waals surface area contributed by atoms with Gasteiger partial charge in [0.15, 0.2) is 23.2 Å². The number of methoxy groups -OCH3 is 1. The molecule has 3 aromatic rings. The number of anilines is 1. The standard InChI is InChI=1S/C19H21FN6O/c1-27-17-4-3-15(13-16(17)20)14-24-9-11-25(12-10-24)18-5-6-19(23-22-18)26-8-2-7-21-26/h2-8,13H,9-12,14H2,1H3. The van der Waals surface area contributed by atoms with Crippen molar-refractivity contribution < 1.29 is 9.13 Å². The normalized spacial score (nSPS) is 15.1. The Morgan fingerprint density at radius 2 is 1.81 bits per heavy atom. The molecular formula is C19H21FN6O. The van der Waals surface area contributed by atoms with E-state index in [0.717, 1.165) is 44.1 Å². The fourth-order valence-corrected chi connectivity index (χ4v) is 3.21. The molecule has 0 unspecified atom stereocenters. The molecule has 1 aliphatic heterocycles. The van der Waals surface area contributed by atoms with E-state index < -0.39 is 0 Å². The number of nitrogens with zero attached hydrogens (tertiary/aromatic N) is 6. The Morgan fingerprint density at radius 3 is 2.44 bits per heavy atom. The summed E-state index contributed by atoms with van der Waals surface area (Å²) >= 11 is 0. The first-order valence-corrected chi connectivity index (χ1v) is 8.86. The van der Waals surface area contributed by atoms with Gasteiger partial charge in [0.2, 0.25) is 0 Å². The van der Waals surface area contributed by atoms with Crippen LogP contribution in [0.25, 0.3) is 5.82 Å². The lowest BCUT2D eigenvalue weighted by atomic mass is 10.2. The van der Waals surface area contributed by atoms with E-state index in [-0.39, 0.29) is 11.6 Å². The van der Waals surface area contributed by atoms with Gasteiger partial charge in [0.25, 0.3) is 0 Å². The lowest BCUT2D eigenvalue weighted by Crippen LogP contribution is -2.46. The van der Waals surface area contributed by atoms with Gasteiger partial charge in [-0.3, -0.25) is 4.90 Å². The van der Waals surface area contributed by atoms with Gasteiger partial charge < -0.3 is 9.64 Å². The molecule has 7 nitrogen and oxygen atoms in total. The summed E-state index contributed by atoms with van der Waals surface area (Å²) in [7, 11) is 1.47. The fourth-order valence-electron chi connectivity index (χ4n) is 3.21. The van der Waals surface area contributed by atoms with Crippen molar-refractivity contribution in [2.75, 3.05) is 38.2 Å². The molecule has 3 heterocycles. The van der Waals surface area contributed by atoms with E-state index >= 15 is 0 Å². The average Bonchev–Trinajstić information content (AvgIpc) is 3.24.